The van der Waals surface area contributed by atoms with E-state index in [1.807, 2.05) is 6.08 Å². The Bertz CT molecular complexity index is 965. The molecular formula is C24H25F4NOS. The summed E-state index contributed by atoms with van der Waals surface area (Å²) in [4.78, 5) is 3.80. The zero-order valence-corrected chi connectivity index (χ0v) is 17.9. The zero-order chi connectivity index (χ0) is 22.0. The second-order valence-corrected chi connectivity index (χ2v) is 9.24. The molecule has 2 aliphatic heterocycles. The number of hydrogen-bond acceptors (Lipinski definition) is 3. The average Bonchev–Trinajstić information content (AvgIpc) is 2.73. The Kier molecular flexibility index (Phi) is 6.74. The van der Waals surface area contributed by atoms with E-state index in [4.69, 9.17) is 5.11 Å². The normalized spacial score (nSPS) is 18.8. The molecular weight excluding hydrogens is 426 g/mol. The molecule has 7 heteroatoms. The lowest BCUT2D eigenvalue weighted by atomic mass is 9.93. The first-order valence-corrected chi connectivity index (χ1v) is 11.4. The summed E-state index contributed by atoms with van der Waals surface area (Å²) < 4.78 is 53.7. The predicted octanol–water partition coefficient (Wildman–Crippen LogP) is 6.23. The molecule has 0 saturated carbocycles. The Labute approximate surface area is 184 Å². The van der Waals surface area contributed by atoms with E-state index >= 15 is 0 Å². The van der Waals surface area contributed by atoms with Gasteiger partial charge in [0.05, 0.1) is 5.56 Å². The number of hydrogen-bond donors (Lipinski definition) is 1. The molecule has 166 valence electrons. The van der Waals surface area contributed by atoms with Crippen LogP contribution in [0.15, 0.2) is 52.3 Å². The van der Waals surface area contributed by atoms with Gasteiger partial charge < -0.3 is 10.0 Å². The maximum Gasteiger partial charge on any atom is 0.416 e. The number of fused-ring (bicyclic) bond motifs is 2. The highest BCUT2D eigenvalue weighted by molar-refractivity contribution is 7.99. The van der Waals surface area contributed by atoms with Crippen LogP contribution < -0.4 is 0 Å². The van der Waals surface area contributed by atoms with Crippen LogP contribution in [0.1, 0.15) is 42.4 Å². The van der Waals surface area contributed by atoms with Gasteiger partial charge in [-0.2, -0.15) is 13.2 Å². The number of benzene rings is 2. The molecule has 0 atom stereocenters. The smallest absolute Gasteiger partial charge is 0.396 e. The van der Waals surface area contributed by atoms with Crippen molar-refractivity contribution in [3.63, 3.8) is 0 Å². The van der Waals surface area contributed by atoms with Crippen LogP contribution >= 0.6 is 11.8 Å². The highest BCUT2D eigenvalue weighted by Crippen LogP contribution is 2.47. The second-order valence-electron chi connectivity index (χ2n) is 8.16. The van der Waals surface area contributed by atoms with E-state index < -0.39 is 11.7 Å². The molecule has 2 nitrogen and oxygen atoms in total. The number of likely N-dealkylation sites (tertiary alicyclic amines) is 1. The standard InChI is InChI=1S/C24H25F4NOS/c25-18-4-5-20-19(2-1-10-29-11-7-16(8-12-29)9-13-30)21-14-17(24(26,27)28)3-6-22(21)31-23(20)15-18/h2-6,14-16,30H,1,7-13H2/b19-2-. The van der Waals surface area contributed by atoms with Crippen LogP contribution in [0.4, 0.5) is 17.6 Å². The van der Waals surface area contributed by atoms with Gasteiger partial charge in [-0.1, -0.05) is 23.9 Å². The summed E-state index contributed by atoms with van der Waals surface area (Å²) in [6.45, 7) is 3.00. The summed E-state index contributed by atoms with van der Waals surface area (Å²) in [5.41, 5.74) is 1.40. The van der Waals surface area contributed by atoms with Gasteiger partial charge in [0, 0.05) is 22.9 Å². The van der Waals surface area contributed by atoms with Gasteiger partial charge >= 0.3 is 6.18 Å². The van der Waals surface area contributed by atoms with E-state index in [0.29, 0.717) is 22.8 Å². The summed E-state index contributed by atoms with van der Waals surface area (Å²) in [5.74, 6) is 0.219. The molecule has 2 aromatic rings. The Hall–Kier alpha value is -1.83. The van der Waals surface area contributed by atoms with E-state index in [9.17, 15) is 17.6 Å². The van der Waals surface area contributed by atoms with Crippen molar-refractivity contribution in [3.05, 3.63) is 65.0 Å². The van der Waals surface area contributed by atoms with E-state index in [2.05, 4.69) is 4.90 Å². The first-order valence-electron chi connectivity index (χ1n) is 10.6. The van der Waals surface area contributed by atoms with Crippen LogP contribution in [0.5, 0.6) is 0 Å². The zero-order valence-electron chi connectivity index (χ0n) is 17.1. The van der Waals surface area contributed by atoms with Crippen molar-refractivity contribution in [2.24, 2.45) is 5.92 Å². The second kappa shape index (κ2) is 9.35. The maximum absolute atomic E-state index is 13.8. The fraction of sp³-hybridized carbons (Fsp3) is 0.417. The number of aliphatic hydroxyl groups excluding tert-OH is 1. The van der Waals surface area contributed by atoms with Gasteiger partial charge in [0.1, 0.15) is 5.82 Å². The molecule has 0 unspecified atom stereocenters. The minimum atomic E-state index is -4.41. The molecule has 0 spiro atoms. The SMILES string of the molecule is OCCC1CCN(CC/C=C2/c3ccc(F)cc3Sc3ccc(C(F)(F)F)cc32)CC1. The molecule has 2 heterocycles. The van der Waals surface area contributed by atoms with E-state index in [0.717, 1.165) is 61.0 Å². The Morgan fingerprint density at radius 3 is 2.52 bits per heavy atom. The molecule has 2 aliphatic rings. The maximum atomic E-state index is 13.8. The molecule has 1 saturated heterocycles. The lowest BCUT2D eigenvalue weighted by molar-refractivity contribution is -0.137. The monoisotopic (exact) mass is 451 g/mol. The van der Waals surface area contributed by atoms with Crippen molar-refractivity contribution in [1.29, 1.82) is 0 Å². The Morgan fingerprint density at radius 1 is 1.03 bits per heavy atom. The van der Waals surface area contributed by atoms with Crippen molar-refractivity contribution in [2.75, 3.05) is 26.2 Å². The molecule has 1 fully saturated rings. The summed E-state index contributed by atoms with van der Waals surface area (Å²) in [6.07, 6.45) is 1.27. The number of aliphatic hydroxyl groups is 1. The van der Waals surface area contributed by atoms with Gasteiger partial charge in [-0.3, -0.25) is 0 Å². The average molecular weight is 452 g/mol. The van der Waals surface area contributed by atoms with Crippen LogP contribution in [0.3, 0.4) is 0 Å². The Balaban J connectivity index is 1.57. The minimum absolute atomic E-state index is 0.230. The van der Waals surface area contributed by atoms with Crippen molar-refractivity contribution in [1.82, 2.24) is 4.90 Å². The van der Waals surface area contributed by atoms with Crippen molar-refractivity contribution < 1.29 is 22.7 Å². The number of halogens is 4. The van der Waals surface area contributed by atoms with Gasteiger partial charge in [-0.25, -0.2) is 4.39 Å². The van der Waals surface area contributed by atoms with Crippen LogP contribution in [0.25, 0.3) is 5.57 Å². The molecule has 4 rings (SSSR count). The molecule has 2 aromatic carbocycles. The molecule has 0 amide bonds. The molecule has 0 aromatic heterocycles. The molecule has 31 heavy (non-hydrogen) atoms. The van der Waals surface area contributed by atoms with Gasteiger partial charge in [0.2, 0.25) is 0 Å². The lowest BCUT2D eigenvalue weighted by Gasteiger charge is -2.31. The quantitative estimate of drug-likeness (QED) is 0.466. The van der Waals surface area contributed by atoms with Gasteiger partial charge in [-0.05, 0) is 91.7 Å². The molecule has 0 aliphatic carbocycles. The van der Waals surface area contributed by atoms with Gasteiger partial charge in [-0.15, -0.1) is 0 Å². The van der Waals surface area contributed by atoms with E-state index in [1.54, 1.807) is 6.07 Å². The lowest BCUT2D eigenvalue weighted by Crippen LogP contribution is -2.34. The fourth-order valence-corrected chi connectivity index (χ4v) is 5.48. The largest absolute Gasteiger partial charge is 0.416 e. The van der Waals surface area contributed by atoms with Gasteiger partial charge in [0.25, 0.3) is 0 Å². The highest BCUT2D eigenvalue weighted by Gasteiger charge is 2.32. The van der Waals surface area contributed by atoms with Gasteiger partial charge in [0.15, 0.2) is 0 Å². The fourth-order valence-electron chi connectivity index (χ4n) is 4.37. The highest BCUT2D eigenvalue weighted by atomic mass is 32.2. The number of piperidine rings is 1. The van der Waals surface area contributed by atoms with Crippen LogP contribution in [0.2, 0.25) is 0 Å². The third kappa shape index (κ3) is 5.16. The third-order valence-electron chi connectivity index (χ3n) is 6.09. The molecule has 0 bridgehead atoms. The number of rotatable bonds is 5. The van der Waals surface area contributed by atoms with Crippen LogP contribution in [-0.4, -0.2) is 36.2 Å². The van der Waals surface area contributed by atoms with Crippen LogP contribution in [-0.2, 0) is 6.18 Å². The molecule has 1 N–H and O–H groups in total. The first kappa shape index (κ1) is 22.4. The first-order chi connectivity index (χ1) is 14.8. The number of alkyl halides is 3. The minimum Gasteiger partial charge on any atom is -0.396 e. The van der Waals surface area contributed by atoms with E-state index in [1.165, 1.54) is 36.0 Å². The van der Waals surface area contributed by atoms with Crippen molar-refractivity contribution in [2.45, 2.75) is 41.7 Å². The van der Waals surface area contributed by atoms with Crippen LogP contribution in [0, 0.1) is 11.7 Å². The summed E-state index contributed by atoms with van der Waals surface area (Å²) in [6, 6.07) is 8.24. The third-order valence-corrected chi connectivity index (χ3v) is 7.22. The topological polar surface area (TPSA) is 23.5 Å². The number of nitrogens with zero attached hydrogens (tertiary/aromatic N) is 1. The molecule has 0 radical (unpaired) electrons. The van der Waals surface area contributed by atoms with Crippen molar-refractivity contribution in [3.8, 4) is 0 Å². The summed E-state index contributed by atoms with van der Waals surface area (Å²) >= 11 is 1.31. The Morgan fingerprint density at radius 2 is 1.81 bits per heavy atom. The summed E-state index contributed by atoms with van der Waals surface area (Å²) in [5, 5.41) is 9.10. The van der Waals surface area contributed by atoms with E-state index in [-0.39, 0.29) is 12.4 Å². The predicted molar refractivity (Wildman–Crippen MR) is 115 cm³/mol. The van der Waals surface area contributed by atoms with Crippen molar-refractivity contribution >= 4 is 17.3 Å². The summed E-state index contributed by atoms with van der Waals surface area (Å²) in [7, 11) is 0.